The zero-order valence-electron chi connectivity index (χ0n) is 13.7. The number of rotatable bonds is 7. The fraction of sp³-hybridized carbons (Fsp3) is 0.353. The smallest absolute Gasteiger partial charge is 0.272 e. The molecule has 0 saturated carbocycles. The summed E-state index contributed by atoms with van der Waals surface area (Å²) in [6, 6.07) is 11.6. The van der Waals surface area contributed by atoms with Crippen LogP contribution in [0.15, 0.2) is 36.4 Å². The van der Waals surface area contributed by atoms with Crippen LogP contribution in [-0.2, 0) is 11.3 Å². The Kier molecular flexibility index (Phi) is 6.05. The van der Waals surface area contributed by atoms with E-state index in [1.165, 1.54) is 0 Å². The van der Waals surface area contributed by atoms with E-state index in [4.69, 9.17) is 4.74 Å². The molecule has 1 N–H and O–H groups in total. The van der Waals surface area contributed by atoms with Crippen molar-refractivity contribution >= 4 is 11.9 Å². The molecule has 2 rings (SSSR count). The van der Waals surface area contributed by atoms with Crippen LogP contribution in [0, 0.1) is 6.92 Å². The summed E-state index contributed by atoms with van der Waals surface area (Å²) in [4.78, 5) is 22.8. The molecule has 0 spiro atoms. The van der Waals surface area contributed by atoms with E-state index >= 15 is 0 Å². The predicted molar refractivity (Wildman–Crippen MR) is 89.4 cm³/mol. The molecule has 1 heterocycles. The van der Waals surface area contributed by atoms with Crippen LogP contribution in [0.2, 0.25) is 0 Å². The lowest BCUT2D eigenvalue weighted by atomic mass is 10.2. The van der Waals surface area contributed by atoms with E-state index in [9.17, 15) is 4.79 Å². The molecule has 0 bridgehead atoms. The molecule has 2 aromatic rings. The number of ether oxygens (including phenoxy) is 1. The maximum Gasteiger partial charge on any atom is 0.272 e. The van der Waals surface area contributed by atoms with Crippen LogP contribution in [0.25, 0.3) is 0 Å². The molecule has 0 atom stereocenters. The largest absolute Gasteiger partial charge is 0.383 e. The van der Waals surface area contributed by atoms with Crippen molar-refractivity contribution in [1.82, 2.24) is 14.9 Å². The van der Waals surface area contributed by atoms with Crippen molar-refractivity contribution in [2.24, 2.45) is 0 Å². The van der Waals surface area contributed by atoms with Gasteiger partial charge in [0, 0.05) is 32.9 Å². The number of hydrogen-bond acceptors (Lipinski definition) is 5. The zero-order chi connectivity index (χ0) is 16.7. The summed E-state index contributed by atoms with van der Waals surface area (Å²) < 4.78 is 4.98. The molecule has 6 heteroatoms. The van der Waals surface area contributed by atoms with Gasteiger partial charge in [-0.15, -0.1) is 0 Å². The Morgan fingerprint density at radius 1 is 1.26 bits per heavy atom. The van der Waals surface area contributed by atoms with Gasteiger partial charge in [0.2, 0.25) is 5.95 Å². The molecular weight excluding hydrogens is 292 g/mol. The molecule has 1 aromatic heterocycles. The summed E-state index contributed by atoms with van der Waals surface area (Å²) in [7, 11) is 3.40. The second kappa shape index (κ2) is 8.24. The number of hydrogen-bond donors (Lipinski definition) is 1. The summed E-state index contributed by atoms with van der Waals surface area (Å²) >= 11 is 0. The Morgan fingerprint density at radius 2 is 2.00 bits per heavy atom. The first-order chi connectivity index (χ1) is 11.1. The average Bonchev–Trinajstić information content (AvgIpc) is 2.55. The topological polar surface area (TPSA) is 67.3 Å². The third-order valence-electron chi connectivity index (χ3n) is 3.27. The van der Waals surface area contributed by atoms with Crippen molar-refractivity contribution in [2.45, 2.75) is 13.5 Å². The van der Waals surface area contributed by atoms with E-state index in [-0.39, 0.29) is 5.91 Å². The second-order valence-electron chi connectivity index (χ2n) is 5.28. The molecule has 0 aliphatic rings. The van der Waals surface area contributed by atoms with Crippen LogP contribution in [0.5, 0.6) is 0 Å². The fourth-order valence-corrected chi connectivity index (χ4v) is 2.15. The number of nitrogens with one attached hydrogen (secondary N) is 1. The van der Waals surface area contributed by atoms with Gasteiger partial charge in [0.05, 0.1) is 6.61 Å². The lowest BCUT2D eigenvalue weighted by molar-refractivity contribution is 0.0779. The highest BCUT2D eigenvalue weighted by atomic mass is 16.5. The first-order valence-electron chi connectivity index (χ1n) is 7.48. The first kappa shape index (κ1) is 16.9. The van der Waals surface area contributed by atoms with E-state index < -0.39 is 0 Å². The molecule has 0 aliphatic heterocycles. The zero-order valence-corrected chi connectivity index (χ0v) is 13.7. The molecule has 6 nitrogen and oxygen atoms in total. The van der Waals surface area contributed by atoms with Crippen LogP contribution in [0.1, 0.15) is 21.7 Å². The van der Waals surface area contributed by atoms with E-state index in [1.54, 1.807) is 25.1 Å². The Balaban J connectivity index is 2.08. The highest BCUT2D eigenvalue weighted by Crippen LogP contribution is 2.10. The summed E-state index contributed by atoms with van der Waals surface area (Å²) in [5.74, 6) is 0.313. The molecular formula is C17H22N4O2. The van der Waals surface area contributed by atoms with Crippen molar-refractivity contribution in [1.29, 1.82) is 0 Å². The van der Waals surface area contributed by atoms with Crippen molar-refractivity contribution in [3.63, 3.8) is 0 Å². The van der Waals surface area contributed by atoms with Gasteiger partial charge in [-0.25, -0.2) is 9.97 Å². The van der Waals surface area contributed by atoms with Crippen molar-refractivity contribution in [3.8, 4) is 0 Å². The van der Waals surface area contributed by atoms with Crippen molar-refractivity contribution in [2.75, 3.05) is 32.6 Å². The Labute approximate surface area is 136 Å². The number of aryl methyl sites for hydroxylation is 1. The molecule has 0 aliphatic carbocycles. The quantitative estimate of drug-likeness (QED) is 0.793. The van der Waals surface area contributed by atoms with Crippen LogP contribution >= 0.6 is 0 Å². The highest BCUT2D eigenvalue weighted by molar-refractivity contribution is 5.92. The van der Waals surface area contributed by atoms with E-state index in [1.807, 2.05) is 37.3 Å². The first-order valence-corrected chi connectivity index (χ1v) is 7.48. The van der Waals surface area contributed by atoms with Crippen molar-refractivity contribution < 1.29 is 9.53 Å². The molecule has 0 fully saturated rings. The number of amides is 1. The summed E-state index contributed by atoms with van der Waals surface area (Å²) in [5.41, 5.74) is 2.21. The van der Waals surface area contributed by atoms with Crippen LogP contribution in [0.4, 0.5) is 5.95 Å². The highest BCUT2D eigenvalue weighted by Gasteiger charge is 2.15. The molecule has 1 amide bonds. The normalized spacial score (nSPS) is 10.4. The van der Waals surface area contributed by atoms with Crippen LogP contribution < -0.4 is 5.32 Å². The summed E-state index contributed by atoms with van der Waals surface area (Å²) in [6.07, 6.45) is 0. The number of anilines is 1. The fourth-order valence-electron chi connectivity index (χ4n) is 2.15. The lowest BCUT2D eigenvalue weighted by Gasteiger charge is -2.17. The minimum atomic E-state index is -0.130. The third kappa shape index (κ3) is 5.03. The molecule has 0 radical (unpaired) electrons. The maximum atomic E-state index is 12.6. The van der Waals surface area contributed by atoms with E-state index in [0.29, 0.717) is 31.3 Å². The van der Waals surface area contributed by atoms with Gasteiger partial charge >= 0.3 is 0 Å². The maximum absolute atomic E-state index is 12.6. The predicted octanol–water partition coefficient (Wildman–Crippen LogP) is 2.12. The number of nitrogens with zero attached hydrogens (tertiary/aromatic N) is 3. The Hall–Kier alpha value is -2.47. The van der Waals surface area contributed by atoms with E-state index in [2.05, 4.69) is 15.3 Å². The Bertz CT molecular complexity index is 646. The van der Waals surface area contributed by atoms with Gasteiger partial charge in [-0.1, -0.05) is 30.3 Å². The molecule has 0 saturated heterocycles. The van der Waals surface area contributed by atoms with Gasteiger partial charge in [0.1, 0.15) is 5.69 Å². The Morgan fingerprint density at radius 3 is 2.70 bits per heavy atom. The third-order valence-corrected chi connectivity index (χ3v) is 3.27. The minimum Gasteiger partial charge on any atom is -0.383 e. The molecule has 23 heavy (non-hydrogen) atoms. The number of benzene rings is 1. The van der Waals surface area contributed by atoms with Gasteiger partial charge in [0.15, 0.2) is 0 Å². The van der Waals surface area contributed by atoms with Crippen LogP contribution in [0.3, 0.4) is 0 Å². The number of carbonyl (C=O) groups excluding carboxylic acids is 1. The van der Waals surface area contributed by atoms with Gasteiger partial charge in [-0.05, 0) is 18.6 Å². The number of carbonyl (C=O) groups is 1. The standard InChI is InChI=1S/C17H22N4O2/c1-13-11-15(20-17(19-13)18-9-10-23-3)16(22)21(2)12-14-7-5-4-6-8-14/h4-8,11H,9-10,12H2,1-3H3,(H,18,19,20). The van der Waals surface area contributed by atoms with Gasteiger partial charge in [0.25, 0.3) is 5.91 Å². The molecule has 122 valence electrons. The van der Waals surface area contributed by atoms with Gasteiger partial charge in [-0.3, -0.25) is 4.79 Å². The molecule has 1 aromatic carbocycles. The average molecular weight is 314 g/mol. The van der Waals surface area contributed by atoms with Gasteiger partial charge < -0.3 is 15.0 Å². The SMILES string of the molecule is COCCNc1nc(C)cc(C(=O)N(C)Cc2ccccc2)n1. The van der Waals surface area contributed by atoms with Crippen molar-refractivity contribution in [3.05, 3.63) is 53.3 Å². The number of methoxy groups -OCH3 is 1. The second-order valence-corrected chi connectivity index (χ2v) is 5.28. The van der Waals surface area contributed by atoms with Crippen LogP contribution in [-0.4, -0.2) is 48.1 Å². The lowest BCUT2D eigenvalue weighted by Crippen LogP contribution is -2.27. The van der Waals surface area contributed by atoms with Gasteiger partial charge in [-0.2, -0.15) is 0 Å². The summed E-state index contributed by atoms with van der Waals surface area (Å²) in [6.45, 7) is 3.52. The van der Waals surface area contributed by atoms with E-state index in [0.717, 1.165) is 11.3 Å². The number of aromatic nitrogens is 2. The monoisotopic (exact) mass is 314 g/mol. The molecule has 0 unspecified atom stereocenters. The summed E-state index contributed by atoms with van der Waals surface area (Å²) in [5, 5.41) is 3.05. The minimum absolute atomic E-state index is 0.130.